The number of carbonyl (C=O) groups is 2. The number of aliphatic hydroxyl groups is 1. The Kier molecular flexibility index (Phi) is 7.29. The highest BCUT2D eigenvalue weighted by Crippen LogP contribution is 2.42. The van der Waals surface area contributed by atoms with Crippen LogP contribution in [0, 0.1) is 11.8 Å². The largest absolute Gasteiger partial charge is 0.363 e. The second-order valence-electron chi connectivity index (χ2n) is 6.07. The van der Waals surface area contributed by atoms with Crippen LogP contribution in [0.1, 0.15) is 20.3 Å². The summed E-state index contributed by atoms with van der Waals surface area (Å²) in [6, 6.07) is 0. The topological polar surface area (TPSA) is 60.9 Å². The van der Waals surface area contributed by atoms with Crippen molar-refractivity contribution in [3.63, 3.8) is 0 Å². The van der Waals surface area contributed by atoms with E-state index in [4.69, 9.17) is 69.6 Å². The van der Waals surface area contributed by atoms with Crippen molar-refractivity contribution in [3.8, 4) is 0 Å². The van der Waals surface area contributed by atoms with Gasteiger partial charge in [0, 0.05) is 32.4 Å². The number of allylic oxidation sites excluding steroid dienone is 1. The van der Waals surface area contributed by atoms with Gasteiger partial charge in [-0.2, -0.15) is 0 Å². The lowest BCUT2D eigenvalue weighted by Crippen LogP contribution is -2.66. The van der Waals surface area contributed by atoms with Gasteiger partial charge in [0.2, 0.25) is 5.72 Å². The lowest BCUT2D eigenvalue weighted by molar-refractivity contribution is -0.187. The van der Waals surface area contributed by atoms with E-state index in [1.54, 1.807) is 13.8 Å². The Morgan fingerprint density at radius 3 is 1.96 bits per heavy atom. The van der Waals surface area contributed by atoms with Crippen molar-refractivity contribution in [2.75, 3.05) is 14.1 Å². The van der Waals surface area contributed by atoms with Crippen LogP contribution >= 0.6 is 69.6 Å². The third-order valence-corrected chi connectivity index (χ3v) is 6.31. The smallest absolute Gasteiger partial charge is 0.280 e. The van der Waals surface area contributed by atoms with Gasteiger partial charge in [-0.3, -0.25) is 9.59 Å². The number of likely N-dealkylation sites (N-methyl/N-ethyl adjacent to an activating group) is 2. The van der Waals surface area contributed by atoms with E-state index in [0.717, 1.165) is 9.80 Å². The maximum absolute atomic E-state index is 12.7. The highest BCUT2D eigenvalue weighted by atomic mass is 35.6. The standard InChI is InChI=1S/C14H18Cl6N2O3/c1-7(13(15,16)17)5-9-10(23)22(4)12(25,11(24)21(9)3)6-8(2)14(18,19)20/h5,7-8,25H,6H2,1-4H3. The van der Waals surface area contributed by atoms with Crippen LogP contribution in [0.3, 0.4) is 0 Å². The summed E-state index contributed by atoms with van der Waals surface area (Å²) in [7, 11) is 2.63. The van der Waals surface area contributed by atoms with E-state index in [2.05, 4.69) is 0 Å². The number of alkyl halides is 6. The number of carbonyl (C=O) groups excluding carboxylic acids is 2. The maximum atomic E-state index is 12.7. The molecular weight excluding hydrogens is 457 g/mol. The molecule has 0 radical (unpaired) electrons. The van der Waals surface area contributed by atoms with E-state index >= 15 is 0 Å². The van der Waals surface area contributed by atoms with Crippen molar-refractivity contribution in [2.45, 2.75) is 33.6 Å². The molecular formula is C14H18Cl6N2O3. The van der Waals surface area contributed by atoms with Crippen LogP contribution in [0.2, 0.25) is 0 Å². The second kappa shape index (κ2) is 7.78. The van der Waals surface area contributed by atoms with Crippen LogP contribution in [-0.2, 0) is 9.59 Å². The molecule has 0 aromatic rings. The Morgan fingerprint density at radius 2 is 1.56 bits per heavy atom. The van der Waals surface area contributed by atoms with Gasteiger partial charge in [0.05, 0.1) is 0 Å². The Labute approximate surface area is 176 Å². The molecule has 1 rings (SSSR count). The lowest BCUT2D eigenvalue weighted by atomic mass is 9.93. The molecule has 5 nitrogen and oxygen atoms in total. The molecule has 0 saturated carbocycles. The number of halogens is 6. The number of hydrogen-bond donors (Lipinski definition) is 1. The van der Waals surface area contributed by atoms with Crippen LogP contribution < -0.4 is 0 Å². The van der Waals surface area contributed by atoms with Crippen LogP contribution in [0.15, 0.2) is 11.8 Å². The van der Waals surface area contributed by atoms with Crippen molar-refractivity contribution in [3.05, 3.63) is 11.8 Å². The van der Waals surface area contributed by atoms with Gasteiger partial charge in [-0.15, -0.1) is 0 Å². The number of piperazine rings is 1. The number of nitrogens with zero attached hydrogens (tertiary/aromatic N) is 2. The Hall–Kier alpha value is 0.380. The number of rotatable bonds is 3. The monoisotopic (exact) mass is 472 g/mol. The zero-order valence-electron chi connectivity index (χ0n) is 13.9. The molecule has 1 fully saturated rings. The summed E-state index contributed by atoms with van der Waals surface area (Å²) < 4.78 is -3.37. The minimum Gasteiger partial charge on any atom is -0.363 e. The Balaban J connectivity index is 3.24. The molecule has 0 spiro atoms. The molecule has 25 heavy (non-hydrogen) atoms. The fourth-order valence-electron chi connectivity index (χ4n) is 2.29. The molecule has 1 aliphatic heterocycles. The van der Waals surface area contributed by atoms with Gasteiger partial charge in [0.1, 0.15) is 5.70 Å². The van der Waals surface area contributed by atoms with E-state index in [0.29, 0.717) is 0 Å². The predicted octanol–water partition coefficient (Wildman–Crippen LogP) is 3.89. The maximum Gasteiger partial charge on any atom is 0.280 e. The average molecular weight is 475 g/mol. The van der Waals surface area contributed by atoms with Gasteiger partial charge in [0.25, 0.3) is 11.8 Å². The van der Waals surface area contributed by atoms with Crippen LogP contribution in [0.4, 0.5) is 0 Å². The van der Waals surface area contributed by atoms with Crippen molar-refractivity contribution in [2.24, 2.45) is 11.8 Å². The molecule has 1 N–H and O–H groups in total. The van der Waals surface area contributed by atoms with E-state index in [9.17, 15) is 14.7 Å². The van der Waals surface area contributed by atoms with Gasteiger partial charge in [-0.1, -0.05) is 83.5 Å². The van der Waals surface area contributed by atoms with E-state index in [1.807, 2.05) is 0 Å². The Morgan fingerprint density at radius 1 is 1.08 bits per heavy atom. The molecule has 1 saturated heterocycles. The fraction of sp³-hybridized carbons (Fsp3) is 0.714. The van der Waals surface area contributed by atoms with Gasteiger partial charge in [0.15, 0.2) is 7.59 Å². The summed E-state index contributed by atoms with van der Waals surface area (Å²) in [5, 5.41) is 10.8. The molecule has 3 atom stereocenters. The molecule has 11 heteroatoms. The third kappa shape index (κ3) is 5.01. The molecule has 0 bridgehead atoms. The summed E-state index contributed by atoms with van der Waals surface area (Å²) >= 11 is 34.9. The van der Waals surface area contributed by atoms with E-state index in [-0.39, 0.29) is 12.1 Å². The minimum atomic E-state index is -2.16. The average Bonchev–Trinajstić information content (AvgIpc) is 2.45. The molecule has 2 amide bonds. The normalized spacial score (nSPS) is 27.1. The van der Waals surface area contributed by atoms with Crippen molar-refractivity contribution >= 4 is 81.4 Å². The summed E-state index contributed by atoms with van der Waals surface area (Å²) in [5.41, 5.74) is -2.17. The third-order valence-electron chi connectivity index (χ3n) is 4.16. The number of amides is 2. The van der Waals surface area contributed by atoms with Crippen molar-refractivity contribution in [1.82, 2.24) is 9.80 Å². The van der Waals surface area contributed by atoms with Gasteiger partial charge >= 0.3 is 0 Å². The summed E-state index contributed by atoms with van der Waals surface area (Å²) in [6.45, 7) is 3.13. The fourth-order valence-corrected chi connectivity index (χ4v) is 2.71. The SMILES string of the molecule is CC(C=C1C(=O)N(C)C(O)(CC(C)C(Cl)(Cl)Cl)C(=O)N1C)C(Cl)(Cl)Cl. The highest BCUT2D eigenvalue weighted by Gasteiger charge is 2.53. The van der Waals surface area contributed by atoms with Gasteiger partial charge in [-0.05, 0) is 6.08 Å². The number of hydrogen-bond acceptors (Lipinski definition) is 3. The molecule has 0 aromatic carbocycles. The van der Waals surface area contributed by atoms with E-state index < -0.39 is 37.0 Å². The first kappa shape index (κ1) is 23.4. The molecule has 3 unspecified atom stereocenters. The van der Waals surface area contributed by atoms with Crippen LogP contribution in [0.25, 0.3) is 0 Å². The molecule has 144 valence electrons. The first-order valence-corrected chi connectivity index (χ1v) is 9.44. The zero-order chi connectivity index (χ0) is 20.0. The lowest BCUT2D eigenvalue weighted by Gasteiger charge is -2.45. The Bertz CT molecular complexity index is 586. The first-order valence-electron chi connectivity index (χ1n) is 7.17. The van der Waals surface area contributed by atoms with E-state index in [1.165, 1.54) is 20.2 Å². The minimum absolute atomic E-state index is 0.0162. The van der Waals surface area contributed by atoms with Crippen molar-refractivity contribution in [1.29, 1.82) is 0 Å². The van der Waals surface area contributed by atoms with Gasteiger partial charge < -0.3 is 14.9 Å². The molecule has 0 aromatic heterocycles. The van der Waals surface area contributed by atoms with Crippen LogP contribution in [-0.4, -0.2) is 54.1 Å². The zero-order valence-corrected chi connectivity index (χ0v) is 18.4. The van der Waals surface area contributed by atoms with Crippen molar-refractivity contribution < 1.29 is 14.7 Å². The summed E-state index contributed by atoms with van der Waals surface area (Å²) in [5.74, 6) is -2.74. The quantitative estimate of drug-likeness (QED) is 0.498. The molecule has 1 heterocycles. The molecule has 0 aliphatic carbocycles. The predicted molar refractivity (Wildman–Crippen MR) is 102 cm³/mol. The second-order valence-corrected chi connectivity index (χ2v) is 10.8. The summed E-state index contributed by atoms with van der Waals surface area (Å²) in [6.07, 6.45) is 1.10. The van der Waals surface area contributed by atoms with Crippen LogP contribution in [0.5, 0.6) is 0 Å². The highest BCUT2D eigenvalue weighted by molar-refractivity contribution is 6.68. The first-order chi connectivity index (χ1) is 11.0. The molecule has 1 aliphatic rings. The van der Waals surface area contributed by atoms with Gasteiger partial charge in [-0.25, -0.2) is 0 Å². The summed E-state index contributed by atoms with van der Waals surface area (Å²) in [4.78, 5) is 27.3.